The van der Waals surface area contributed by atoms with Crippen LogP contribution < -0.4 is 5.73 Å². The molecule has 0 saturated heterocycles. The van der Waals surface area contributed by atoms with E-state index >= 15 is 0 Å². The van der Waals surface area contributed by atoms with Crippen LogP contribution in [0.5, 0.6) is 5.75 Å². The van der Waals surface area contributed by atoms with E-state index in [4.69, 9.17) is 28.9 Å². The third-order valence-corrected chi connectivity index (χ3v) is 3.51. The van der Waals surface area contributed by atoms with Gasteiger partial charge in [-0.05, 0) is 24.0 Å². The molecule has 3 nitrogen and oxygen atoms in total. The second-order valence-corrected chi connectivity index (χ2v) is 6.39. The van der Waals surface area contributed by atoms with Gasteiger partial charge in [-0.25, -0.2) is 0 Å². The molecule has 0 amide bonds. The van der Waals surface area contributed by atoms with Crippen molar-refractivity contribution in [3.8, 4) is 5.75 Å². The van der Waals surface area contributed by atoms with Gasteiger partial charge in [-0.1, -0.05) is 44.0 Å². The minimum atomic E-state index is -0.893. The number of aliphatic hydroxyl groups excluding tert-OH is 1. The van der Waals surface area contributed by atoms with Crippen LogP contribution in [0.3, 0.4) is 0 Å². The molecule has 0 aliphatic rings. The standard InChI is InChI=1S/C13H19Cl2NO2/c1-13(2,3)11(16)6-10(17)8-4-7(14)5-9(15)12(8)18/h4-5,10-11,17-18H,6,16H2,1-3H3/t10-,11+/m1/s1. The second-order valence-electron chi connectivity index (χ2n) is 5.55. The van der Waals surface area contributed by atoms with Crippen molar-refractivity contribution in [2.24, 2.45) is 11.1 Å². The first-order chi connectivity index (χ1) is 8.12. The molecular weight excluding hydrogens is 273 g/mol. The number of rotatable bonds is 3. The molecule has 0 fully saturated rings. The number of hydrogen-bond donors (Lipinski definition) is 3. The highest BCUT2D eigenvalue weighted by Gasteiger charge is 2.25. The molecule has 4 N–H and O–H groups in total. The number of aliphatic hydroxyl groups is 1. The maximum atomic E-state index is 10.1. The van der Waals surface area contributed by atoms with Crippen molar-refractivity contribution in [3.05, 3.63) is 27.7 Å². The summed E-state index contributed by atoms with van der Waals surface area (Å²) in [6.45, 7) is 5.99. The second kappa shape index (κ2) is 5.66. The minimum absolute atomic E-state index is 0.126. The summed E-state index contributed by atoms with van der Waals surface area (Å²) in [7, 11) is 0. The highest BCUT2D eigenvalue weighted by Crippen LogP contribution is 2.37. The lowest BCUT2D eigenvalue weighted by Crippen LogP contribution is -2.36. The maximum absolute atomic E-state index is 10.1. The average molecular weight is 292 g/mol. The zero-order chi connectivity index (χ0) is 14.1. The topological polar surface area (TPSA) is 66.5 Å². The van der Waals surface area contributed by atoms with E-state index in [2.05, 4.69) is 0 Å². The van der Waals surface area contributed by atoms with Gasteiger partial charge in [0.25, 0.3) is 0 Å². The normalized spacial score (nSPS) is 15.5. The van der Waals surface area contributed by atoms with Crippen LogP contribution in [0.4, 0.5) is 0 Å². The molecule has 0 aromatic heterocycles. The highest BCUT2D eigenvalue weighted by molar-refractivity contribution is 6.35. The number of nitrogens with two attached hydrogens (primary N) is 1. The molecule has 0 aliphatic carbocycles. The van der Waals surface area contributed by atoms with Crippen molar-refractivity contribution in [2.45, 2.75) is 39.3 Å². The Balaban J connectivity index is 2.95. The number of benzene rings is 1. The molecule has 5 heteroatoms. The van der Waals surface area contributed by atoms with Crippen molar-refractivity contribution < 1.29 is 10.2 Å². The first kappa shape index (κ1) is 15.6. The van der Waals surface area contributed by atoms with Gasteiger partial charge in [-0.2, -0.15) is 0 Å². The third-order valence-electron chi connectivity index (χ3n) is 3.01. The summed E-state index contributed by atoms with van der Waals surface area (Å²) in [5.41, 5.74) is 6.19. The Bertz CT molecular complexity index is 430. The number of phenolic OH excluding ortho intramolecular Hbond substituents is 1. The fourth-order valence-corrected chi connectivity index (χ4v) is 2.07. The Morgan fingerprint density at radius 1 is 1.28 bits per heavy atom. The zero-order valence-corrected chi connectivity index (χ0v) is 12.3. The molecule has 0 heterocycles. The summed E-state index contributed by atoms with van der Waals surface area (Å²) in [6.07, 6.45) is -0.566. The van der Waals surface area contributed by atoms with Gasteiger partial charge < -0.3 is 15.9 Å². The lowest BCUT2D eigenvalue weighted by atomic mass is 9.83. The van der Waals surface area contributed by atoms with Crippen molar-refractivity contribution >= 4 is 23.2 Å². The molecule has 0 unspecified atom stereocenters. The average Bonchev–Trinajstić information content (AvgIpc) is 2.21. The zero-order valence-electron chi connectivity index (χ0n) is 10.7. The molecule has 1 aromatic carbocycles. The molecule has 1 rings (SSSR count). The van der Waals surface area contributed by atoms with Crippen LogP contribution in [-0.4, -0.2) is 16.3 Å². The van der Waals surface area contributed by atoms with E-state index in [1.54, 1.807) is 0 Å². The molecule has 0 bridgehead atoms. The third kappa shape index (κ3) is 3.75. The molecule has 0 saturated carbocycles. The minimum Gasteiger partial charge on any atom is -0.506 e. The summed E-state index contributed by atoms with van der Waals surface area (Å²) in [5.74, 6) is -0.144. The summed E-state index contributed by atoms with van der Waals surface area (Å²) >= 11 is 11.7. The van der Waals surface area contributed by atoms with Gasteiger partial charge in [0.2, 0.25) is 0 Å². The Labute approximate surface area is 118 Å². The van der Waals surface area contributed by atoms with Gasteiger partial charge in [0.05, 0.1) is 11.1 Å². The molecule has 102 valence electrons. The molecule has 0 spiro atoms. The van der Waals surface area contributed by atoms with E-state index in [1.807, 2.05) is 20.8 Å². The van der Waals surface area contributed by atoms with E-state index in [-0.39, 0.29) is 22.2 Å². The predicted octanol–water partition coefficient (Wildman–Crippen LogP) is 3.50. The van der Waals surface area contributed by atoms with Gasteiger partial charge >= 0.3 is 0 Å². The first-order valence-corrected chi connectivity index (χ1v) is 6.50. The Morgan fingerprint density at radius 2 is 1.83 bits per heavy atom. The van der Waals surface area contributed by atoms with Crippen LogP contribution in [0, 0.1) is 5.41 Å². The monoisotopic (exact) mass is 291 g/mol. The summed E-state index contributed by atoms with van der Waals surface area (Å²) < 4.78 is 0. The molecule has 1 aromatic rings. The van der Waals surface area contributed by atoms with Gasteiger partial charge in [-0.15, -0.1) is 0 Å². The number of aromatic hydroxyl groups is 1. The molecule has 0 aliphatic heterocycles. The Morgan fingerprint density at radius 3 is 2.33 bits per heavy atom. The number of phenols is 1. The van der Waals surface area contributed by atoms with E-state index in [1.165, 1.54) is 12.1 Å². The molecule has 2 atom stereocenters. The number of halogens is 2. The van der Waals surface area contributed by atoms with Crippen LogP contribution in [-0.2, 0) is 0 Å². The van der Waals surface area contributed by atoms with E-state index in [0.29, 0.717) is 17.0 Å². The quantitative estimate of drug-likeness (QED) is 0.798. The van der Waals surface area contributed by atoms with Gasteiger partial charge in [0.1, 0.15) is 5.75 Å². The largest absolute Gasteiger partial charge is 0.506 e. The Kier molecular flexibility index (Phi) is 4.90. The SMILES string of the molecule is CC(C)(C)[C@@H](N)C[C@@H](O)c1cc(Cl)cc(Cl)c1O. The lowest BCUT2D eigenvalue weighted by Gasteiger charge is -2.29. The fourth-order valence-electron chi connectivity index (χ4n) is 1.56. The smallest absolute Gasteiger partial charge is 0.140 e. The van der Waals surface area contributed by atoms with Crippen LogP contribution in [0.1, 0.15) is 38.9 Å². The van der Waals surface area contributed by atoms with Crippen molar-refractivity contribution in [2.75, 3.05) is 0 Å². The first-order valence-electron chi connectivity index (χ1n) is 5.74. The van der Waals surface area contributed by atoms with Crippen LogP contribution >= 0.6 is 23.2 Å². The van der Waals surface area contributed by atoms with Crippen LogP contribution in [0.2, 0.25) is 10.0 Å². The summed E-state index contributed by atoms with van der Waals surface area (Å²) in [6, 6.07) is 2.73. The van der Waals surface area contributed by atoms with E-state index < -0.39 is 6.10 Å². The molecule has 0 radical (unpaired) electrons. The van der Waals surface area contributed by atoms with Crippen molar-refractivity contribution in [1.29, 1.82) is 0 Å². The van der Waals surface area contributed by atoms with Gasteiger partial charge in [0, 0.05) is 16.6 Å². The maximum Gasteiger partial charge on any atom is 0.140 e. The van der Waals surface area contributed by atoms with E-state index in [9.17, 15) is 10.2 Å². The van der Waals surface area contributed by atoms with Crippen molar-refractivity contribution in [1.82, 2.24) is 0 Å². The summed E-state index contributed by atoms with van der Waals surface area (Å²) in [5, 5.41) is 20.4. The number of hydrogen-bond acceptors (Lipinski definition) is 3. The molecule has 18 heavy (non-hydrogen) atoms. The fraction of sp³-hybridized carbons (Fsp3) is 0.538. The predicted molar refractivity (Wildman–Crippen MR) is 75.1 cm³/mol. The van der Waals surface area contributed by atoms with E-state index in [0.717, 1.165) is 0 Å². The van der Waals surface area contributed by atoms with Gasteiger partial charge in [0.15, 0.2) is 0 Å². The molecular formula is C13H19Cl2NO2. The Hall–Kier alpha value is -0.480. The van der Waals surface area contributed by atoms with Crippen molar-refractivity contribution in [3.63, 3.8) is 0 Å². The van der Waals surface area contributed by atoms with Gasteiger partial charge in [-0.3, -0.25) is 0 Å². The highest BCUT2D eigenvalue weighted by atomic mass is 35.5. The summed E-state index contributed by atoms with van der Waals surface area (Å²) in [4.78, 5) is 0. The lowest BCUT2D eigenvalue weighted by molar-refractivity contribution is 0.131. The van der Waals surface area contributed by atoms with Crippen LogP contribution in [0.15, 0.2) is 12.1 Å². The van der Waals surface area contributed by atoms with Crippen LogP contribution in [0.25, 0.3) is 0 Å².